The fourth-order valence-corrected chi connectivity index (χ4v) is 4.11. The number of nitrogens with zero attached hydrogens (tertiary/aromatic N) is 1. The number of hydrogen-bond acceptors (Lipinski definition) is 3. The van der Waals surface area contributed by atoms with Gasteiger partial charge < -0.3 is 10.4 Å². The number of benzene rings is 1. The van der Waals surface area contributed by atoms with E-state index in [0.29, 0.717) is 6.54 Å². The first-order valence-electron chi connectivity index (χ1n) is 6.61. The maximum absolute atomic E-state index is 12.1. The predicted molar refractivity (Wildman–Crippen MR) is 86.9 cm³/mol. The largest absolute Gasteiger partial charge is 0.395 e. The minimum absolute atomic E-state index is 0.0596. The molecule has 0 spiro atoms. The van der Waals surface area contributed by atoms with Crippen molar-refractivity contribution < 1.29 is 9.90 Å². The molecule has 1 aromatic carbocycles. The Balaban J connectivity index is 2.01. The lowest BCUT2D eigenvalue weighted by Gasteiger charge is -2.22. The van der Waals surface area contributed by atoms with Gasteiger partial charge in [0.25, 0.3) is 0 Å². The van der Waals surface area contributed by atoms with Crippen LogP contribution < -0.4 is 5.32 Å². The van der Waals surface area contributed by atoms with Crippen LogP contribution in [0.5, 0.6) is 0 Å². The SMILES string of the molecule is Cc1cc(Br)c(NC(=O)CN2CCCC2CO)c(Br)c1. The summed E-state index contributed by atoms with van der Waals surface area (Å²) in [5, 5.41) is 12.2. The summed E-state index contributed by atoms with van der Waals surface area (Å²) >= 11 is 6.93. The second-order valence-corrected chi connectivity index (χ2v) is 6.81. The number of rotatable bonds is 4. The molecule has 0 aliphatic carbocycles. The molecular weight excluding hydrogens is 388 g/mol. The maximum Gasteiger partial charge on any atom is 0.238 e. The predicted octanol–water partition coefficient (Wildman–Crippen LogP) is 2.92. The molecular formula is C14H18Br2N2O2. The fourth-order valence-electron chi connectivity index (χ4n) is 2.49. The van der Waals surface area contributed by atoms with Crippen LogP contribution in [-0.2, 0) is 4.79 Å². The van der Waals surface area contributed by atoms with Crippen LogP contribution in [-0.4, -0.2) is 41.7 Å². The first kappa shape index (κ1) is 15.9. The van der Waals surface area contributed by atoms with Crippen molar-refractivity contribution in [3.05, 3.63) is 26.6 Å². The van der Waals surface area contributed by atoms with Gasteiger partial charge >= 0.3 is 0 Å². The topological polar surface area (TPSA) is 52.6 Å². The van der Waals surface area contributed by atoms with Crippen LogP contribution in [0.1, 0.15) is 18.4 Å². The van der Waals surface area contributed by atoms with E-state index in [1.807, 2.05) is 24.0 Å². The Bertz CT molecular complexity index is 485. The molecule has 2 rings (SSSR count). The monoisotopic (exact) mass is 404 g/mol. The first-order valence-corrected chi connectivity index (χ1v) is 8.20. The van der Waals surface area contributed by atoms with Gasteiger partial charge in [0.2, 0.25) is 5.91 Å². The third-order valence-electron chi connectivity index (χ3n) is 3.51. The quantitative estimate of drug-likeness (QED) is 0.809. The van der Waals surface area contributed by atoms with Crippen LogP contribution in [0.15, 0.2) is 21.1 Å². The number of aryl methyl sites for hydroxylation is 1. The molecule has 0 bridgehead atoms. The summed E-state index contributed by atoms with van der Waals surface area (Å²) in [6.07, 6.45) is 2.00. The van der Waals surface area contributed by atoms with Crippen LogP contribution in [0.2, 0.25) is 0 Å². The molecule has 110 valence electrons. The highest BCUT2D eigenvalue weighted by Gasteiger charge is 2.25. The Morgan fingerprint density at radius 3 is 2.70 bits per heavy atom. The highest BCUT2D eigenvalue weighted by atomic mass is 79.9. The Morgan fingerprint density at radius 1 is 1.45 bits per heavy atom. The van der Waals surface area contributed by atoms with E-state index in [0.717, 1.165) is 39.6 Å². The molecule has 1 saturated heterocycles. The van der Waals surface area contributed by atoms with Crippen LogP contribution >= 0.6 is 31.9 Å². The van der Waals surface area contributed by atoms with Crippen molar-refractivity contribution in [2.45, 2.75) is 25.8 Å². The van der Waals surface area contributed by atoms with Gasteiger partial charge in [-0.25, -0.2) is 0 Å². The van der Waals surface area contributed by atoms with E-state index in [9.17, 15) is 9.90 Å². The zero-order valence-corrected chi connectivity index (χ0v) is 14.5. The number of halogens is 2. The number of anilines is 1. The van der Waals surface area contributed by atoms with Crippen molar-refractivity contribution in [2.75, 3.05) is 25.0 Å². The van der Waals surface area contributed by atoms with Gasteiger partial charge in [0.15, 0.2) is 0 Å². The van der Waals surface area contributed by atoms with Crippen molar-refractivity contribution in [2.24, 2.45) is 0 Å². The molecule has 1 fully saturated rings. The number of hydrogen-bond donors (Lipinski definition) is 2. The molecule has 0 aromatic heterocycles. The molecule has 1 aromatic rings. The van der Waals surface area contributed by atoms with Gasteiger partial charge in [-0.1, -0.05) is 0 Å². The molecule has 4 nitrogen and oxygen atoms in total. The Labute approximate surface area is 135 Å². The molecule has 1 aliphatic rings. The lowest BCUT2D eigenvalue weighted by molar-refractivity contribution is -0.117. The van der Waals surface area contributed by atoms with Gasteiger partial charge in [-0.05, 0) is 75.9 Å². The summed E-state index contributed by atoms with van der Waals surface area (Å²) in [4.78, 5) is 14.2. The Morgan fingerprint density at radius 2 is 2.10 bits per heavy atom. The van der Waals surface area contributed by atoms with Gasteiger partial charge in [-0.2, -0.15) is 0 Å². The zero-order chi connectivity index (χ0) is 14.7. The number of nitrogens with one attached hydrogen (secondary N) is 1. The van der Waals surface area contributed by atoms with E-state index in [4.69, 9.17) is 0 Å². The smallest absolute Gasteiger partial charge is 0.238 e. The zero-order valence-electron chi connectivity index (χ0n) is 11.3. The van der Waals surface area contributed by atoms with Gasteiger partial charge in [-0.3, -0.25) is 9.69 Å². The summed E-state index contributed by atoms with van der Waals surface area (Å²) in [7, 11) is 0. The summed E-state index contributed by atoms with van der Waals surface area (Å²) in [5.41, 5.74) is 1.86. The van der Waals surface area contributed by atoms with E-state index in [1.165, 1.54) is 0 Å². The van der Waals surface area contributed by atoms with Gasteiger partial charge in [0.05, 0.1) is 18.8 Å². The molecule has 20 heavy (non-hydrogen) atoms. The van der Waals surface area contributed by atoms with Gasteiger partial charge in [-0.15, -0.1) is 0 Å². The Hall–Kier alpha value is -0.430. The van der Waals surface area contributed by atoms with E-state index in [1.54, 1.807) is 0 Å². The maximum atomic E-state index is 12.1. The van der Waals surface area contributed by atoms with Crippen molar-refractivity contribution in [1.82, 2.24) is 4.90 Å². The number of amides is 1. The van der Waals surface area contributed by atoms with Crippen molar-refractivity contribution in [3.8, 4) is 0 Å². The van der Waals surface area contributed by atoms with E-state index in [2.05, 4.69) is 37.2 Å². The lowest BCUT2D eigenvalue weighted by Crippen LogP contribution is -2.38. The highest BCUT2D eigenvalue weighted by molar-refractivity contribution is 9.11. The van der Waals surface area contributed by atoms with Crippen LogP contribution in [0.4, 0.5) is 5.69 Å². The van der Waals surface area contributed by atoms with Crippen LogP contribution in [0, 0.1) is 6.92 Å². The molecule has 0 saturated carbocycles. The molecule has 6 heteroatoms. The average molecular weight is 406 g/mol. The number of aliphatic hydroxyl groups is 1. The lowest BCUT2D eigenvalue weighted by atomic mass is 10.2. The molecule has 0 radical (unpaired) electrons. The first-order chi connectivity index (χ1) is 9.51. The van der Waals surface area contributed by atoms with Crippen LogP contribution in [0.25, 0.3) is 0 Å². The summed E-state index contributed by atoms with van der Waals surface area (Å²) in [5.74, 6) is -0.0596. The highest BCUT2D eigenvalue weighted by Crippen LogP contribution is 2.32. The molecule has 1 amide bonds. The fraction of sp³-hybridized carbons (Fsp3) is 0.500. The normalized spacial score (nSPS) is 19.3. The summed E-state index contributed by atoms with van der Waals surface area (Å²) in [6.45, 7) is 3.30. The number of aliphatic hydroxyl groups excluding tert-OH is 1. The van der Waals surface area contributed by atoms with Gasteiger partial charge in [0, 0.05) is 15.0 Å². The van der Waals surface area contributed by atoms with E-state index in [-0.39, 0.29) is 18.6 Å². The van der Waals surface area contributed by atoms with E-state index >= 15 is 0 Å². The van der Waals surface area contributed by atoms with Crippen molar-refractivity contribution in [1.29, 1.82) is 0 Å². The average Bonchev–Trinajstić information content (AvgIpc) is 2.81. The molecule has 1 unspecified atom stereocenters. The molecule has 2 N–H and O–H groups in total. The third-order valence-corrected chi connectivity index (χ3v) is 4.76. The number of likely N-dealkylation sites (tertiary alicyclic amines) is 1. The van der Waals surface area contributed by atoms with Crippen molar-refractivity contribution in [3.63, 3.8) is 0 Å². The minimum atomic E-state index is -0.0596. The second kappa shape index (κ2) is 7.02. The summed E-state index contributed by atoms with van der Waals surface area (Å²) < 4.78 is 1.72. The number of carbonyl (C=O) groups is 1. The van der Waals surface area contributed by atoms with Crippen molar-refractivity contribution >= 4 is 43.5 Å². The summed E-state index contributed by atoms with van der Waals surface area (Å²) in [6, 6.07) is 4.05. The van der Waals surface area contributed by atoms with E-state index < -0.39 is 0 Å². The minimum Gasteiger partial charge on any atom is -0.395 e. The standard InChI is InChI=1S/C14H18Br2N2O2/c1-9-5-11(15)14(12(16)6-9)17-13(20)7-18-4-2-3-10(18)8-19/h5-6,10,19H,2-4,7-8H2,1H3,(H,17,20). The van der Waals surface area contributed by atoms with Gasteiger partial charge in [0.1, 0.15) is 0 Å². The molecule has 1 heterocycles. The second-order valence-electron chi connectivity index (χ2n) is 5.10. The molecule has 1 atom stereocenters. The van der Waals surface area contributed by atoms with Crippen LogP contribution in [0.3, 0.4) is 0 Å². The Kier molecular flexibility index (Phi) is 5.60. The molecule has 1 aliphatic heterocycles. The third kappa shape index (κ3) is 3.81. The number of carbonyl (C=O) groups excluding carboxylic acids is 1.